The minimum Gasteiger partial charge on any atom is -0.363 e. The number of nitrogens with zero attached hydrogens (tertiary/aromatic N) is 1. The van der Waals surface area contributed by atoms with Gasteiger partial charge in [-0.1, -0.05) is 52.9 Å². The number of unbranched alkanes of at least 4 members (excludes halogenated alkanes) is 5. The Labute approximate surface area is 120 Å². The summed E-state index contributed by atoms with van der Waals surface area (Å²) >= 11 is 5.49. The molecule has 0 bridgehead atoms. The zero-order valence-corrected chi connectivity index (χ0v) is 13.5. The van der Waals surface area contributed by atoms with Gasteiger partial charge in [-0.2, -0.15) is 0 Å². The normalized spacial score (nSPS) is 10.4. The quantitative estimate of drug-likeness (QED) is 0.445. The first kappa shape index (κ1) is 17.7. The zero-order valence-electron chi connectivity index (χ0n) is 12.6. The van der Waals surface area contributed by atoms with E-state index in [0.717, 1.165) is 24.7 Å². The summed E-state index contributed by atoms with van der Waals surface area (Å²) in [6.45, 7) is 9.97. The van der Waals surface area contributed by atoms with Gasteiger partial charge >= 0.3 is 0 Å². The molecule has 0 rings (SSSR count). The van der Waals surface area contributed by atoms with Gasteiger partial charge in [0.1, 0.15) is 0 Å². The van der Waals surface area contributed by atoms with Crippen LogP contribution < -0.4 is 5.32 Å². The Morgan fingerprint density at radius 3 is 1.89 bits per heavy atom. The van der Waals surface area contributed by atoms with E-state index in [9.17, 15) is 0 Å². The van der Waals surface area contributed by atoms with Crippen LogP contribution in [-0.2, 0) is 0 Å². The van der Waals surface area contributed by atoms with E-state index in [2.05, 4.69) is 31.0 Å². The minimum atomic E-state index is 0.966. The van der Waals surface area contributed by atoms with Gasteiger partial charge in [-0.15, -0.1) is 0 Å². The van der Waals surface area contributed by atoms with Crippen LogP contribution in [0.3, 0.4) is 0 Å². The summed E-state index contributed by atoms with van der Waals surface area (Å²) in [5, 5.41) is 4.38. The number of thiocarbonyl (C=S) groups is 1. The summed E-state index contributed by atoms with van der Waals surface area (Å²) in [4.78, 5) is 2.35. The summed E-state index contributed by atoms with van der Waals surface area (Å²) in [6.07, 6.45) is 10.1. The van der Waals surface area contributed by atoms with Gasteiger partial charge in [0.15, 0.2) is 5.11 Å². The second kappa shape index (κ2) is 13.1. The fourth-order valence-corrected chi connectivity index (χ4v) is 2.16. The Bertz CT molecular complexity index is 187. The average molecular weight is 273 g/mol. The lowest BCUT2D eigenvalue weighted by Gasteiger charge is -2.25. The van der Waals surface area contributed by atoms with E-state index in [0.29, 0.717) is 0 Å². The van der Waals surface area contributed by atoms with Crippen LogP contribution in [0, 0.1) is 0 Å². The summed E-state index contributed by atoms with van der Waals surface area (Å²) in [5.41, 5.74) is 0. The highest BCUT2D eigenvalue weighted by molar-refractivity contribution is 7.80. The molecule has 0 heterocycles. The van der Waals surface area contributed by atoms with Crippen LogP contribution in [0.15, 0.2) is 0 Å². The van der Waals surface area contributed by atoms with E-state index >= 15 is 0 Å². The van der Waals surface area contributed by atoms with E-state index in [4.69, 9.17) is 12.2 Å². The van der Waals surface area contributed by atoms with Crippen molar-refractivity contribution in [3.63, 3.8) is 0 Å². The molecule has 0 aromatic rings. The highest BCUT2D eigenvalue weighted by Crippen LogP contribution is 2.01. The van der Waals surface area contributed by atoms with Crippen LogP contribution in [-0.4, -0.2) is 29.6 Å². The molecule has 108 valence electrons. The van der Waals surface area contributed by atoms with Gasteiger partial charge in [0, 0.05) is 19.6 Å². The Morgan fingerprint density at radius 1 is 0.833 bits per heavy atom. The zero-order chi connectivity index (χ0) is 13.6. The van der Waals surface area contributed by atoms with Gasteiger partial charge in [0.2, 0.25) is 0 Å². The van der Waals surface area contributed by atoms with Crippen molar-refractivity contribution in [3.05, 3.63) is 0 Å². The maximum absolute atomic E-state index is 5.49. The third-order valence-electron chi connectivity index (χ3n) is 3.16. The van der Waals surface area contributed by atoms with Crippen molar-refractivity contribution in [1.82, 2.24) is 10.2 Å². The second-order valence-corrected chi connectivity index (χ2v) is 5.37. The maximum atomic E-state index is 5.49. The van der Waals surface area contributed by atoms with E-state index in [-0.39, 0.29) is 0 Å². The lowest BCUT2D eigenvalue weighted by Crippen LogP contribution is -2.41. The summed E-state index contributed by atoms with van der Waals surface area (Å²) in [7, 11) is 0. The predicted octanol–water partition coefficient (Wildman–Crippen LogP) is 4.34. The SMILES string of the molecule is CCCCCCNC(=S)N(CCCC)CCCC. The maximum Gasteiger partial charge on any atom is 0.168 e. The number of nitrogens with one attached hydrogen (secondary N) is 1. The predicted molar refractivity (Wildman–Crippen MR) is 86.1 cm³/mol. The third-order valence-corrected chi connectivity index (χ3v) is 3.56. The fraction of sp³-hybridized carbons (Fsp3) is 0.933. The molecule has 0 fully saturated rings. The van der Waals surface area contributed by atoms with Gasteiger partial charge < -0.3 is 10.2 Å². The van der Waals surface area contributed by atoms with E-state index in [1.165, 1.54) is 51.4 Å². The molecule has 0 aromatic heterocycles. The molecule has 0 aliphatic heterocycles. The van der Waals surface area contributed by atoms with Crippen LogP contribution in [0.2, 0.25) is 0 Å². The van der Waals surface area contributed by atoms with E-state index < -0.39 is 0 Å². The molecule has 0 unspecified atom stereocenters. The molecule has 0 aliphatic rings. The number of hydrogen-bond acceptors (Lipinski definition) is 1. The highest BCUT2D eigenvalue weighted by atomic mass is 32.1. The average Bonchev–Trinajstić information content (AvgIpc) is 2.38. The number of hydrogen-bond donors (Lipinski definition) is 1. The molecule has 0 amide bonds. The molecule has 0 aromatic carbocycles. The molecule has 0 radical (unpaired) electrons. The smallest absolute Gasteiger partial charge is 0.168 e. The number of rotatable bonds is 11. The molecule has 1 N–H and O–H groups in total. The summed E-state index contributed by atoms with van der Waals surface area (Å²) < 4.78 is 0. The van der Waals surface area contributed by atoms with Gasteiger partial charge in [-0.3, -0.25) is 0 Å². The van der Waals surface area contributed by atoms with Gasteiger partial charge in [-0.05, 0) is 31.5 Å². The lowest BCUT2D eigenvalue weighted by atomic mass is 10.2. The van der Waals surface area contributed by atoms with Crippen molar-refractivity contribution in [1.29, 1.82) is 0 Å². The molecule has 0 aliphatic carbocycles. The molecule has 0 atom stereocenters. The van der Waals surface area contributed by atoms with E-state index in [1.54, 1.807) is 0 Å². The van der Waals surface area contributed by atoms with Crippen LogP contribution in [0.1, 0.15) is 72.1 Å². The van der Waals surface area contributed by atoms with Crippen molar-refractivity contribution in [2.45, 2.75) is 72.1 Å². The molecule has 0 spiro atoms. The molecular weight excluding hydrogens is 240 g/mol. The van der Waals surface area contributed by atoms with Gasteiger partial charge in [0.25, 0.3) is 0 Å². The highest BCUT2D eigenvalue weighted by Gasteiger charge is 2.07. The van der Waals surface area contributed by atoms with Crippen molar-refractivity contribution in [3.8, 4) is 0 Å². The van der Waals surface area contributed by atoms with Crippen LogP contribution in [0.5, 0.6) is 0 Å². The Kier molecular flexibility index (Phi) is 12.9. The van der Waals surface area contributed by atoms with Crippen molar-refractivity contribution in [2.75, 3.05) is 19.6 Å². The molecular formula is C15H32N2S. The minimum absolute atomic E-state index is 0.966. The Morgan fingerprint density at radius 2 is 1.39 bits per heavy atom. The van der Waals surface area contributed by atoms with Crippen molar-refractivity contribution >= 4 is 17.3 Å². The molecule has 0 saturated heterocycles. The first-order chi connectivity index (χ1) is 8.76. The molecule has 2 nitrogen and oxygen atoms in total. The monoisotopic (exact) mass is 272 g/mol. The standard InChI is InChI=1S/C15H32N2S/c1-4-7-10-11-12-16-15(18)17(13-8-5-2)14-9-6-3/h4-14H2,1-3H3,(H,16,18). The molecule has 18 heavy (non-hydrogen) atoms. The van der Waals surface area contributed by atoms with Gasteiger partial charge in [0.05, 0.1) is 0 Å². The summed E-state index contributed by atoms with van der Waals surface area (Å²) in [6, 6.07) is 0. The van der Waals surface area contributed by atoms with Crippen LogP contribution >= 0.6 is 12.2 Å². The molecule has 0 saturated carbocycles. The molecule has 3 heteroatoms. The topological polar surface area (TPSA) is 15.3 Å². The Balaban J connectivity index is 3.80. The van der Waals surface area contributed by atoms with Crippen LogP contribution in [0.4, 0.5) is 0 Å². The fourth-order valence-electron chi connectivity index (χ4n) is 1.87. The second-order valence-electron chi connectivity index (χ2n) is 4.99. The summed E-state index contributed by atoms with van der Waals surface area (Å²) in [5.74, 6) is 0. The first-order valence-corrected chi connectivity index (χ1v) is 8.19. The van der Waals surface area contributed by atoms with Crippen molar-refractivity contribution < 1.29 is 0 Å². The van der Waals surface area contributed by atoms with E-state index in [1.807, 2.05) is 0 Å². The Hall–Kier alpha value is -0.310. The van der Waals surface area contributed by atoms with Crippen LogP contribution in [0.25, 0.3) is 0 Å². The third kappa shape index (κ3) is 9.69. The van der Waals surface area contributed by atoms with Crippen molar-refractivity contribution in [2.24, 2.45) is 0 Å². The largest absolute Gasteiger partial charge is 0.363 e. The lowest BCUT2D eigenvalue weighted by molar-refractivity contribution is 0.391. The first-order valence-electron chi connectivity index (χ1n) is 7.79. The van der Waals surface area contributed by atoms with Gasteiger partial charge in [-0.25, -0.2) is 0 Å².